The van der Waals surface area contributed by atoms with Crippen molar-refractivity contribution in [2.45, 2.75) is 40.7 Å². The van der Waals surface area contributed by atoms with Crippen LogP contribution in [0.1, 0.15) is 44.4 Å². The van der Waals surface area contributed by atoms with Gasteiger partial charge in [-0.15, -0.1) is 10.2 Å². The Kier molecular flexibility index (Phi) is 3.09. The fourth-order valence-corrected chi connectivity index (χ4v) is 3.00. The Morgan fingerprint density at radius 1 is 1.28 bits per heavy atom. The molecule has 0 spiro atoms. The van der Waals surface area contributed by atoms with Crippen LogP contribution in [0.4, 0.5) is 5.13 Å². The zero-order valence-electron chi connectivity index (χ0n) is 11.5. The van der Waals surface area contributed by atoms with E-state index in [2.05, 4.69) is 48.5 Å². The summed E-state index contributed by atoms with van der Waals surface area (Å²) in [4.78, 5) is 12.1. The number of amides is 1. The molecule has 1 aromatic heterocycles. The van der Waals surface area contributed by atoms with Crippen molar-refractivity contribution in [2.24, 2.45) is 10.8 Å². The van der Waals surface area contributed by atoms with E-state index in [-0.39, 0.29) is 22.8 Å². The normalized spacial score (nSPS) is 20.5. The molecule has 18 heavy (non-hydrogen) atoms. The Labute approximate surface area is 111 Å². The predicted molar refractivity (Wildman–Crippen MR) is 72.9 cm³/mol. The molecule has 1 aromatic rings. The highest BCUT2D eigenvalue weighted by molar-refractivity contribution is 7.17. The molecule has 0 saturated heterocycles. The Balaban J connectivity index is 2.01. The van der Waals surface area contributed by atoms with Gasteiger partial charge in [-0.2, -0.15) is 0 Å². The molecule has 5 nitrogen and oxygen atoms in total. The van der Waals surface area contributed by atoms with Crippen LogP contribution in [-0.4, -0.2) is 28.7 Å². The molecule has 1 heterocycles. The van der Waals surface area contributed by atoms with Gasteiger partial charge >= 0.3 is 0 Å². The fraction of sp³-hybridized carbons (Fsp3) is 0.750. The van der Waals surface area contributed by atoms with Crippen molar-refractivity contribution >= 4 is 22.4 Å². The quantitative estimate of drug-likeness (QED) is 0.878. The summed E-state index contributed by atoms with van der Waals surface area (Å²) >= 11 is 1.29. The number of nitrogens with one attached hydrogen (secondary N) is 2. The van der Waals surface area contributed by atoms with Gasteiger partial charge in [0.1, 0.15) is 0 Å². The summed E-state index contributed by atoms with van der Waals surface area (Å²) in [6.07, 6.45) is 0. The fourth-order valence-electron chi connectivity index (χ4n) is 2.29. The van der Waals surface area contributed by atoms with Gasteiger partial charge < -0.3 is 10.6 Å². The number of hydrogen-bond acceptors (Lipinski definition) is 5. The highest BCUT2D eigenvalue weighted by atomic mass is 32.1. The van der Waals surface area contributed by atoms with Crippen molar-refractivity contribution in [1.82, 2.24) is 15.5 Å². The van der Waals surface area contributed by atoms with Gasteiger partial charge in [0.2, 0.25) is 10.1 Å². The first-order valence-corrected chi connectivity index (χ1v) is 7.00. The van der Waals surface area contributed by atoms with E-state index >= 15 is 0 Å². The van der Waals surface area contributed by atoms with Gasteiger partial charge in [-0.1, -0.05) is 39.0 Å². The van der Waals surface area contributed by atoms with Crippen LogP contribution in [0.15, 0.2) is 0 Å². The van der Waals surface area contributed by atoms with Crippen molar-refractivity contribution in [3.05, 3.63) is 5.01 Å². The Morgan fingerprint density at radius 2 is 1.89 bits per heavy atom. The summed E-state index contributed by atoms with van der Waals surface area (Å²) in [5, 5.41) is 15.0. The van der Waals surface area contributed by atoms with Crippen LogP contribution in [0.2, 0.25) is 0 Å². The third-order valence-corrected chi connectivity index (χ3v) is 5.12. The summed E-state index contributed by atoms with van der Waals surface area (Å²) in [5.74, 6) is -0.125. The minimum Gasteiger partial charge on any atom is -0.360 e. The smallest absolute Gasteiger partial charge is 0.282 e. The average molecular weight is 268 g/mol. The number of hydrogen-bond donors (Lipinski definition) is 2. The van der Waals surface area contributed by atoms with Crippen molar-refractivity contribution in [1.29, 1.82) is 0 Å². The van der Waals surface area contributed by atoms with Gasteiger partial charge in [0.05, 0.1) is 0 Å². The lowest BCUT2D eigenvalue weighted by atomic mass is 10.0. The van der Waals surface area contributed by atoms with Crippen LogP contribution in [0.5, 0.6) is 0 Å². The van der Waals surface area contributed by atoms with Crippen LogP contribution in [0, 0.1) is 10.8 Å². The first kappa shape index (κ1) is 13.3. The summed E-state index contributed by atoms with van der Waals surface area (Å²) in [6.45, 7) is 11.4. The number of carbonyl (C=O) groups excluding carboxylic acids is 1. The van der Waals surface area contributed by atoms with E-state index in [0.717, 1.165) is 6.54 Å². The van der Waals surface area contributed by atoms with E-state index in [9.17, 15) is 4.79 Å². The number of rotatable bonds is 4. The third-order valence-electron chi connectivity index (χ3n) is 4.24. The maximum Gasteiger partial charge on any atom is 0.282 e. The Bertz CT molecular complexity index is 452. The van der Waals surface area contributed by atoms with E-state index in [0.29, 0.717) is 10.1 Å². The second-order valence-corrected chi connectivity index (χ2v) is 6.77. The standard InChI is InChI=1S/C12H20N4OS/c1-6-13-10-16-15-8(18-10)7(17)14-9-11(2,3)12(9,4)5/h9H,6H2,1-5H3,(H,13,16)(H,14,17). The molecule has 1 aliphatic carbocycles. The van der Waals surface area contributed by atoms with Crippen LogP contribution in [0.3, 0.4) is 0 Å². The van der Waals surface area contributed by atoms with Crippen LogP contribution in [-0.2, 0) is 0 Å². The van der Waals surface area contributed by atoms with E-state index in [4.69, 9.17) is 0 Å². The predicted octanol–water partition coefficient (Wildman–Crippen LogP) is 2.13. The summed E-state index contributed by atoms with van der Waals surface area (Å²) in [7, 11) is 0. The molecule has 0 aliphatic heterocycles. The molecule has 0 bridgehead atoms. The zero-order chi connectivity index (χ0) is 13.6. The zero-order valence-corrected chi connectivity index (χ0v) is 12.3. The van der Waals surface area contributed by atoms with Crippen molar-refractivity contribution in [3.63, 3.8) is 0 Å². The van der Waals surface area contributed by atoms with Crippen molar-refractivity contribution in [2.75, 3.05) is 11.9 Å². The summed E-state index contributed by atoms with van der Waals surface area (Å²) < 4.78 is 0. The molecular weight excluding hydrogens is 248 g/mol. The molecule has 0 unspecified atom stereocenters. The third kappa shape index (κ3) is 1.98. The van der Waals surface area contributed by atoms with E-state index in [1.54, 1.807) is 0 Å². The molecule has 6 heteroatoms. The lowest BCUT2D eigenvalue weighted by Crippen LogP contribution is -2.29. The lowest BCUT2D eigenvalue weighted by Gasteiger charge is -2.03. The SMILES string of the molecule is CCNc1nnc(C(=O)NC2C(C)(C)C2(C)C)s1. The highest BCUT2D eigenvalue weighted by Crippen LogP contribution is 2.62. The number of aromatic nitrogens is 2. The molecule has 1 aliphatic rings. The Morgan fingerprint density at radius 3 is 2.39 bits per heavy atom. The van der Waals surface area contributed by atoms with Gasteiger partial charge in [-0.3, -0.25) is 4.79 Å². The van der Waals surface area contributed by atoms with Gasteiger partial charge in [-0.05, 0) is 17.8 Å². The van der Waals surface area contributed by atoms with Gasteiger partial charge in [0.25, 0.3) is 5.91 Å². The topological polar surface area (TPSA) is 66.9 Å². The number of carbonyl (C=O) groups is 1. The lowest BCUT2D eigenvalue weighted by molar-refractivity contribution is 0.0942. The van der Waals surface area contributed by atoms with Crippen LogP contribution in [0.25, 0.3) is 0 Å². The molecule has 1 saturated carbocycles. The molecule has 1 fully saturated rings. The Hall–Kier alpha value is -1.17. The molecule has 100 valence electrons. The molecule has 2 N–H and O–H groups in total. The van der Waals surface area contributed by atoms with Gasteiger partial charge in [0.15, 0.2) is 0 Å². The monoisotopic (exact) mass is 268 g/mol. The van der Waals surface area contributed by atoms with Crippen molar-refractivity contribution in [3.8, 4) is 0 Å². The molecule has 2 rings (SSSR count). The van der Waals surface area contributed by atoms with Crippen LogP contribution < -0.4 is 10.6 Å². The van der Waals surface area contributed by atoms with Crippen molar-refractivity contribution < 1.29 is 4.79 Å². The van der Waals surface area contributed by atoms with Crippen LogP contribution >= 0.6 is 11.3 Å². The van der Waals surface area contributed by atoms with E-state index in [1.165, 1.54) is 11.3 Å². The first-order valence-electron chi connectivity index (χ1n) is 6.19. The van der Waals surface area contributed by atoms with E-state index < -0.39 is 0 Å². The number of nitrogens with zero attached hydrogens (tertiary/aromatic N) is 2. The first-order chi connectivity index (χ1) is 8.30. The van der Waals surface area contributed by atoms with Gasteiger partial charge in [-0.25, -0.2) is 0 Å². The number of anilines is 1. The highest BCUT2D eigenvalue weighted by Gasteiger charge is 2.65. The molecular formula is C12H20N4OS. The molecule has 0 radical (unpaired) electrons. The van der Waals surface area contributed by atoms with E-state index in [1.807, 2.05) is 6.92 Å². The summed E-state index contributed by atoms with van der Waals surface area (Å²) in [5.41, 5.74) is 0.274. The minimum absolute atomic E-state index is 0.125. The molecule has 1 amide bonds. The second-order valence-electron chi connectivity index (χ2n) is 5.79. The maximum absolute atomic E-state index is 12.1. The maximum atomic E-state index is 12.1. The largest absolute Gasteiger partial charge is 0.360 e. The molecule has 0 aromatic carbocycles. The molecule has 0 atom stereocenters. The average Bonchev–Trinajstić information content (AvgIpc) is 2.69. The second kappa shape index (κ2) is 4.19. The van der Waals surface area contributed by atoms with Gasteiger partial charge in [0, 0.05) is 12.6 Å². The minimum atomic E-state index is -0.125. The summed E-state index contributed by atoms with van der Waals surface area (Å²) in [6, 6.07) is 0.198.